The monoisotopic (exact) mass is 543 g/mol. The van der Waals surface area contributed by atoms with E-state index < -0.39 is 10.0 Å². The molecule has 1 fully saturated rings. The molecule has 0 bridgehead atoms. The molecule has 0 unspecified atom stereocenters. The molecule has 0 aliphatic carbocycles. The van der Waals surface area contributed by atoms with Gasteiger partial charge >= 0.3 is 0 Å². The van der Waals surface area contributed by atoms with Crippen LogP contribution >= 0.6 is 11.3 Å². The summed E-state index contributed by atoms with van der Waals surface area (Å²) >= 11 is 1.54. The molecule has 0 atom stereocenters. The molecule has 1 aromatic carbocycles. The number of thiazole rings is 1. The fraction of sp³-hybridized carbons (Fsp3) is 0.407. The van der Waals surface area contributed by atoms with Gasteiger partial charge in [0, 0.05) is 43.0 Å². The number of allylic oxidation sites excluding steroid dienone is 1. The number of benzene rings is 1. The van der Waals surface area contributed by atoms with E-state index in [-0.39, 0.29) is 11.7 Å². The first-order valence-electron chi connectivity index (χ1n) is 12.4. The number of aromatic nitrogens is 2. The van der Waals surface area contributed by atoms with Crippen LogP contribution < -0.4 is 10.4 Å². The third-order valence-electron chi connectivity index (χ3n) is 6.75. The number of anilines is 1. The summed E-state index contributed by atoms with van der Waals surface area (Å²) in [5.41, 5.74) is 5.37. The number of nitrogens with zero attached hydrogens (tertiary/aromatic N) is 5. The lowest BCUT2D eigenvalue weighted by Gasteiger charge is -2.31. The number of hydrogen-bond acceptors (Lipinski definition) is 6. The molecular weight excluding hydrogens is 509 g/mol. The van der Waals surface area contributed by atoms with Gasteiger partial charge in [-0.2, -0.15) is 0 Å². The van der Waals surface area contributed by atoms with E-state index in [4.69, 9.17) is 9.98 Å². The Hall–Kier alpha value is -2.82. The van der Waals surface area contributed by atoms with Crippen LogP contribution in [-0.4, -0.2) is 48.7 Å². The predicted octanol–water partition coefficient (Wildman–Crippen LogP) is 5.12. The van der Waals surface area contributed by atoms with E-state index in [2.05, 4.69) is 28.3 Å². The van der Waals surface area contributed by atoms with Crippen LogP contribution in [0.15, 0.2) is 59.2 Å². The molecule has 0 amide bonds. The first-order valence-corrected chi connectivity index (χ1v) is 15.1. The van der Waals surface area contributed by atoms with Crippen molar-refractivity contribution in [2.24, 2.45) is 4.99 Å². The lowest BCUT2D eigenvalue weighted by atomic mass is 9.91. The molecular formula is C27H34FN5O2S2. The number of halogens is 1. The van der Waals surface area contributed by atoms with E-state index in [0.29, 0.717) is 19.8 Å². The van der Waals surface area contributed by atoms with Crippen molar-refractivity contribution in [2.45, 2.75) is 45.7 Å². The van der Waals surface area contributed by atoms with Crippen molar-refractivity contribution in [3.05, 3.63) is 76.6 Å². The fourth-order valence-electron chi connectivity index (χ4n) is 4.54. The average Bonchev–Trinajstić information content (AvgIpc) is 3.34. The van der Waals surface area contributed by atoms with E-state index in [1.54, 1.807) is 21.7 Å². The molecule has 198 valence electrons. The molecule has 37 heavy (non-hydrogen) atoms. The Labute approximate surface area is 222 Å². The van der Waals surface area contributed by atoms with Crippen molar-refractivity contribution >= 4 is 26.5 Å². The quantitative estimate of drug-likeness (QED) is 0.396. The van der Waals surface area contributed by atoms with Crippen molar-refractivity contribution in [3.8, 4) is 11.3 Å². The van der Waals surface area contributed by atoms with Crippen molar-refractivity contribution in [2.75, 3.05) is 31.3 Å². The Morgan fingerprint density at radius 1 is 1.27 bits per heavy atom. The minimum Gasteiger partial charge on any atom is -0.333 e. The molecule has 0 radical (unpaired) electrons. The van der Waals surface area contributed by atoms with Crippen molar-refractivity contribution in [3.63, 3.8) is 0 Å². The zero-order valence-electron chi connectivity index (χ0n) is 21.8. The Kier molecular flexibility index (Phi) is 8.30. The van der Waals surface area contributed by atoms with E-state index in [1.807, 2.05) is 32.3 Å². The maximum Gasteiger partial charge on any atom is 0.211 e. The van der Waals surface area contributed by atoms with Crippen molar-refractivity contribution in [1.29, 1.82) is 0 Å². The third-order valence-corrected chi connectivity index (χ3v) is 9.00. The summed E-state index contributed by atoms with van der Waals surface area (Å²) in [4.78, 5) is 11.6. The zero-order valence-corrected chi connectivity index (χ0v) is 23.4. The largest absolute Gasteiger partial charge is 0.333 e. The maximum atomic E-state index is 13.6. The SMILES string of the molecule is C=C(CC)N=c1ccc(C2CCN(S(C)(=O)=O)CC2)cn1CN(C)c1nc(-c2ccc(F)cc2C)cs1. The fourth-order valence-corrected chi connectivity index (χ4v) is 6.20. The molecule has 1 saturated heterocycles. The lowest BCUT2D eigenvalue weighted by molar-refractivity contribution is 0.320. The zero-order chi connectivity index (χ0) is 26.7. The topological polar surface area (TPSA) is 70.8 Å². The van der Waals surface area contributed by atoms with Gasteiger partial charge in [-0.1, -0.05) is 19.6 Å². The molecule has 3 aromatic rings. The average molecular weight is 544 g/mol. The minimum atomic E-state index is -3.16. The highest BCUT2D eigenvalue weighted by atomic mass is 32.2. The molecule has 10 heteroatoms. The van der Waals surface area contributed by atoms with Gasteiger partial charge in [0.25, 0.3) is 0 Å². The first kappa shape index (κ1) is 27.2. The molecule has 3 heterocycles. The van der Waals surface area contributed by atoms with E-state index >= 15 is 0 Å². The van der Waals surface area contributed by atoms with Crippen LogP contribution in [0, 0.1) is 12.7 Å². The summed E-state index contributed by atoms with van der Waals surface area (Å²) in [6.45, 7) is 9.56. The van der Waals surface area contributed by atoms with Crippen LogP contribution in [0.25, 0.3) is 11.3 Å². The van der Waals surface area contributed by atoms with Crippen LogP contribution in [0.5, 0.6) is 0 Å². The summed E-state index contributed by atoms with van der Waals surface area (Å²) in [7, 11) is -1.17. The van der Waals surface area contributed by atoms with Crippen LogP contribution in [0.3, 0.4) is 0 Å². The van der Waals surface area contributed by atoms with E-state index in [0.717, 1.165) is 52.4 Å². The van der Waals surface area contributed by atoms with Gasteiger partial charge in [0.1, 0.15) is 11.3 Å². The van der Waals surface area contributed by atoms with Crippen molar-refractivity contribution < 1.29 is 12.8 Å². The van der Waals surface area contributed by atoms with Gasteiger partial charge in [-0.25, -0.2) is 27.1 Å². The van der Waals surface area contributed by atoms with Crippen LogP contribution in [0.4, 0.5) is 9.52 Å². The minimum absolute atomic E-state index is 0.253. The summed E-state index contributed by atoms with van der Waals surface area (Å²) in [5, 5.41) is 2.84. The normalized spacial score (nSPS) is 15.8. The smallest absolute Gasteiger partial charge is 0.211 e. The van der Waals surface area contributed by atoms with Gasteiger partial charge in [0.2, 0.25) is 10.0 Å². The lowest BCUT2D eigenvalue weighted by Crippen LogP contribution is -2.37. The molecule has 7 nitrogen and oxygen atoms in total. The number of piperidine rings is 1. The summed E-state index contributed by atoms with van der Waals surface area (Å²) < 4.78 is 41.0. The molecule has 1 aliphatic heterocycles. The molecule has 1 aliphatic rings. The second kappa shape index (κ2) is 11.3. The maximum absolute atomic E-state index is 13.6. The number of pyridine rings is 1. The standard InChI is InChI=1S/C27H34FN5O2S2/c1-6-20(3)29-26-10-7-22(21-11-13-33(14-12-21)37(5,34)35)16-32(26)18-31(4)27-30-25(17-36-27)24-9-8-23(28)15-19(24)2/h7-10,15-17,21H,3,6,11-14,18H2,1-2,4-5H3. The highest BCUT2D eigenvalue weighted by molar-refractivity contribution is 7.88. The van der Waals surface area contributed by atoms with Gasteiger partial charge in [-0.05, 0) is 67.5 Å². The molecule has 2 aromatic heterocycles. The summed E-state index contributed by atoms with van der Waals surface area (Å²) in [5.74, 6) is 0.0305. The Morgan fingerprint density at radius 3 is 2.65 bits per heavy atom. The van der Waals surface area contributed by atoms with E-state index in [9.17, 15) is 12.8 Å². The first-order chi connectivity index (χ1) is 17.5. The molecule has 0 N–H and O–H groups in total. The highest BCUT2D eigenvalue weighted by Gasteiger charge is 2.26. The molecule has 0 saturated carbocycles. The number of rotatable bonds is 8. The van der Waals surface area contributed by atoms with Gasteiger partial charge in [0.15, 0.2) is 5.13 Å². The third kappa shape index (κ3) is 6.55. The molecule has 0 spiro atoms. The van der Waals surface area contributed by atoms with Crippen LogP contribution in [0.2, 0.25) is 0 Å². The number of sulfonamides is 1. The summed E-state index contributed by atoms with van der Waals surface area (Å²) in [6, 6.07) is 8.86. The predicted molar refractivity (Wildman–Crippen MR) is 148 cm³/mol. The Morgan fingerprint density at radius 2 is 2.00 bits per heavy atom. The van der Waals surface area contributed by atoms with Crippen LogP contribution in [0.1, 0.15) is 43.2 Å². The van der Waals surface area contributed by atoms with Crippen LogP contribution in [-0.2, 0) is 16.7 Å². The van der Waals surface area contributed by atoms with Crippen molar-refractivity contribution in [1.82, 2.24) is 13.9 Å². The van der Waals surface area contributed by atoms with Gasteiger partial charge in [0.05, 0.1) is 18.6 Å². The van der Waals surface area contributed by atoms with E-state index in [1.165, 1.54) is 24.0 Å². The highest BCUT2D eigenvalue weighted by Crippen LogP contribution is 2.30. The molecule has 4 rings (SSSR count). The summed E-state index contributed by atoms with van der Waals surface area (Å²) in [6.07, 6.45) is 5.73. The van der Waals surface area contributed by atoms with Gasteiger partial charge < -0.3 is 9.47 Å². The second-order valence-electron chi connectivity index (χ2n) is 9.57. The Balaban J connectivity index is 1.59. The van der Waals surface area contributed by atoms with Gasteiger partial charge in [-0.15, -0.1) is 11.3 Å². The number of aryl methyl sites for hydroxylation is 1. The second-order valence-corrected chi connectivity index (χ2v) is 12.4. The van der Waals surface area contributed by atoms with Gasteiger partial charge in [-0.3, -0.25) is 0 Å². The Bertz CT molecular complexity index is 1450. The number of hydrogen-bond donors (Lipinski definition) is 0.